The smallest absolute Gasteiger partial charge is 0.325 e. The molecule has 1 aliphatic rings. The number of esters is 1. The number of rotatable bonds is 5. The molecule has 0 unspecified atom stereocenters. The van der Waals surface area contributed by atoms with Gasteiger partial charge < -0.3 is 9.64 Å². The first-order valence-electron chi connectivity index (χ1n) is 6.17. The van der Waals surface area contributed by atoms with Gasteiger partial charge in [-0.3, -0.25) is 4.79 Å². The molecule has 98 valence electrons. The van der Waals surface area contributed by atoms with Crippen molar-refractivity contribution in [3.8, 4) is 0 Å². The molecule has 0 aliphatic heterocycles. The normalized spacial score (nSPS) is 14.4. The topological polar surface area (TPSA) is 42.4 Å². The lowest BCUT2D eigenvalue weighted by atomic mass is 10.3. The Labute approximate surface area is 115 Å². The predicted octanol–water partition coefficient (Wildman–Crippen LogP) is 2.68. The van der Waals surface area contributed by atoms with E-state index in [1.54, 1.807) is 0 Å². The molecule has 18 heavy (non-hydrogen) atoms. The number of aryl methyl sites for hydroxylation is 1. The van der Waals surface area contributed by atoms with E-state index in [2.05, 4.69) is 20.9 Å². The van der Waals surface area contributed by atoms with E-state index in [0.717, 1.165) is 28.8 Å². The van der Waals surface area contributed by atoms with Crippen LogP contribution in [-0.2, 0) is 9.53 Å². The number of anilines is 1. The zero-order valence-electron chi connectivity index (χ0n) is 10.6. The van der Waals surface area contributed by atoms with E-state index in [9.17, 15) is 4.79 Å². The highest BCUT2D eigenvalue weighted by atomic mass is 79.9. The molecule has 1 heterocycles. The molecule has 0 spiro atoms. The zero-order chi connectivity index (χ0) is 13.1. The highest BCUT2D eigenvalue weighted by Gasteiger charge is 2.31. The highest BCUT2D eigenvalue weighted by molar-refractivity contribution is 9.10. The minimum Gasteiger partial charge on any atom is -0.465 e. The van der Waals surface area contributed by atoms with Gasteiger partial charge >= 0.3 is 5.97 Å². The second kappa shape index (κ2) is 5.69. The number of carbonyl (C=O) groups excluding carboxylic acids is 1. The summed E-state index contributed by atoms with van der Waals surface area (Å²) >= 11 is 3.43. The van der Waals surface area contributed by atoms with Gasteiger partial charge in [0.1, 0.15) is 12.4 Å². The molecule has 1 saturated carbocycles. The predicted molar refractivity (Wildman–Crippen MR) is 73.7 cm³/mol. The molecule has 2 rings (SSSR count). The number of aromatic nitrogens is 1. The van der Waals surface area contributed by atoms with Gasteiger partial charge in [-0.1, -0.05) is 0 Å². The fraction of sp³-hybridized carbons (Fsp3) is 0.538. The summed E-state index contributed by atoms with van der Waals surface area (Å²) < 4.78 is 5.99. The van der Waals surface area contributed by atoms with Crippen LogP contribution in [0.5, 0.6) is 0 Å². The minimum atomic E-state index is -0.188. The van der Waals surface area contributed by atoms with Crippen LogP contribution in [-0.4, -0.2) is 30.1 Å². The summed E-state index contributed by atoms with van der Waals surface area (Å²) in [5.74, 6) is 0.665. The quantitative estimate of drug-likeness (QED) is 0.784. The standard InChI is InChI=1S/C13H17BrN2O2/c1-3-18-13(17)8-16(10-4-5-10)12-7-6-11(14)9(2)15-12/h6-7,10H,3-5,8H2,1-2H3. The fourth-order valence-corrected chi connectivity index (χ4v) is 2.04. The molecule has 1 aliphatic carbocycles. The highest BCUT2D eigenvalue weighted by Crippen LogP contribution is 2.31. The van der Waals surface area contributed by atoms with Crippen LogP contribution < -0.4 is 4.90 Å². The summed E-state index contributed by atoms with van der Waals surface area (Å²) in [6, 6.07) is 4.34. The van der Waals surface area contributed by atoms with Crippen LogP contribution in [0, 0.1) is 6.92 Å². The summed E-state index contributed by atoms with van der Waals surface area (Å²) in [6.45, 7) is 4.47. The lowest BCUT2D eigenvalue weighted by Gasteiger charge is -2.22. The van der Waals surface area contributed by atoms with Gasteiger partial charge in [0.15, 0.2) is 0 Å². The fourth-order valence-electron chi connectivity index (χ4n) is 1.82. The lowest BCUT2D eigenvalue weighted by molar-refractivity contribution is -0.141. The zero-order valence-corrected chi connectivity index (χ0v) is 12.2. The number of hydrogen-bond donors (Lipinski definition) is 0. The van der Waals surface area contributed by atoms with Crippen molar-refractivity contribution in [3.05, 3.63) is 22.3 Å². The largest absolute Gasteiger partial charge is 0.465 e. The molecule has 0 aromatic carbocycles. The van der Waals surface area contributed by atoms with E-state index in [0.29, 0.717) is 12.6 Å². The first-order valence-corrected chi connectivity index (χ1v) is 6.96. The van der Waals surface area contributed by atoms with Crippen molar-refractivity contribution >= 4 is 27.7 Å². The maximum Gasteiger partial charge on any atom is 0.325 e. The van der Waals surface area contributed by atoms with Crippen molar-refractivity contribution in [2.45, 2.75) is 32.7 Å². The average Bonchev–Trinajstić information content (AvgIpc) is 3.14. The third kappa shape index (κ3) is 3.22. The van der Waals surface area contributed by atoms with Crippen molar-refractivity contribution in [3.63, 3.8) is 0 Å². The number of nitrogens with zero attached hydrogens (tertiary/aromatic N) is 2. The van der Waals surface area contributed by atoms with Crippen LogP contribution in [0.3, 0.4) is 0 Å². The Hall–Kier alpha value is -1.10. The summed E-state index contributed by atoms with van der Waals surface area (Å²) in [5.41, 5.74) is 0.932. The van der Waals surface area contributed by atoms with E-state index in [4.69, 9.17) is 4.74 Å². The van der Waals surface area contributed by atoms with Crippen LogP contribution in [0.1, 0.15) is 25.5 Å². The maximum absolute atomic E-state index is 11.6. The van der Waals surface area contributed by atoms with Crippen molar-refractivity contribution in [1.82, 2.24) is 4.98 Å². The summed E-state index contributed by atoms with van der Waals surface area (Å²) in [5, 5.41) is 0. The van der Waals surface area contributed by atoms with Crippen LogP contribution in [0.2, 0.25) is 0 Å². The molecule has 0 radical (unpaired) electrons. The first kappa shape index (κ1) is 13.3. The van der Waals surface area contributed by atoms with E-state index in [-0.39, 0.29) is 12.5 Å². The molecule has 1 aromatic rings. The molecule has 0 saturated heterocycles. The molecule has 4 nitrogen and oxygen atoms in total. The van der Waals surface area contributed by atoms with Crippen LogP contribution >= 0.6 is 15.9 Å². The Morgan fingerprint density at radius 2 is 2.28 bits per heavy atom. The number of halogens is 1. The van der Waals surface area contributed by atoms with Crippen molar-refractivity contribution in [2.24, 2.45) is 0 Å². The van der Waals surface area contributed by atoms with Gasteiger partial charge in [-0.25, -0.2) is 4.98 Å². The Morgan fingerprint density at radius 1 is 1.56 bits per heavy atom. The van der Waals surface area contributed by atoms with Gasteiger partial charge in [0, 0.05) is 10.5 Å². The van der Waals surface area contributed by atoms with E-state index >= 15 is 0 Å². The number of carbonyl (C=O) groups is 1. The van der Waals surface area contributed by atoms with Crippen molar-refractivity contribution in [2.75, 3.05) is 18.1 Å². The van der Waals surface area contributed by atoms with Gasteiger partial charge in [0.05, 0.1) is 12.3 Å². The number of hydrogen-bond acceptors (Lipinski definition) is 4. The van der Waals surface area contributed by atoms with Gasteiger partial charge in [-0.15, -0.1) is 0 Å². The van der Waals surface area contributed by atoms with Crippen LogP contribution in [0.15, 0.2) is 16.6 Å². The monoisotopic (exact) mass is 312 g/mol. The van der Waals surface area contributed by atoms with Gasteiger partial charge in [0.2, 0.25) is 0 Å². The molecule has 1 fully saturated rings. The summed E-state index contributed by atoms with van der Waals surface area (Å²) in [4.78, 5) is 18.2. The summed E-state index contributed by atoms with van der Waals surface area (Å²) in [6.07, 6.45) is 2.24. The lowest BCUT2D eigenvalue weighted by Crippen LogP contribution is -2.33. The number of pyridine rings is 1. The molecule has 0 N–H and O–H groups in total. The average molecular weight is 313 g/mol. The Morgan fingerprint density at radius 3 is 2.83 bits per heavy atom. The number of ether oxygens (including phenoxy) is 1. The third-order valence-corrected chi connectivity index (χ3v) is 3.73. The van der Waals surface area contributed by atoms with Crippen molar-refractivity contribution < 1.29 is 9.53 Å². The maximum atomic E-state index is 11.6. The molecule has 5 heteroatoms. The Kier molecular flexibility index (Phi) is 4.22. The Balaban J connectivity index is 2.14. The third-order valence-electron chi connectivity index (χ3n) is 2.89. The summed E-state index contributed by atoms with van der Waals surface area (Å²) in [7, 11) is 0. The van der Waals surface area contributed by atoms with Crippen LogP contribution in [0.25, 0.3) is 0 Å². The molecule has 0 bridgehead atoms. The van der Waals surface area contributed by atoms with E-state index in [1.165, 1.54) is 0 Å². The minimum absolute atomic E-state index is 0.188. The molecular formula is C13H17BrN2O2. The van der Waals surface area contributed by atoms with Gasteiger partial charge in [-0.2, -0.15) is 0 Å². The van der Waals surface area contributed by atoms with Crippen molar-refractivity contribution in [1.29, 1.82) is 0 Å². The molecule has 0 atom stereocenters. The van der Waals surface area contributed by atoms with Gasteiger partial charge in [0.25, 0.3) is 0 Å². The Bertz CT molecular complexity index is 447. The molecule has 0 amide bonds. The van der Waals surface area contributed by atoms with Gasteiger partial charge in [-0.05, 0) is 54.8 Å². The molecular weight excluding hydrogens is 296 g/mol. The second-order valence-electron chi connectivity index (χ2n) is 4.40. The molecule has 1 aromatic heterocycles. The van der Waals surface area contributed by atoms with E-state index < -0.39 is 0 Å². The van der Waals surface area contributed by atoms with E-state index in [1.807, 2.05) is 30.9 Å². The second-order valence-corrected chi connectivity index (χ2v) is 5.26. The SMILES string of the molecule is CCOC(=O)CN(c1ccc(Br)c(C)n1)C1CC1. The van der Waals surface area contributed by atoms with Crippen LogP contribution in [0.4, 0.5) is 5.82 Å². The first-order chi connectivity index (χ1) is 8.61.